The Kier molecular flexibility index (Phi) is 7.94. The number of aliphatic hydroxyl groups is 1. The van der Waals surface area contributed by atoms with E-state index in [-0.39, 0.29) is 12.1 Å². The lowest BCUT2D eigenvalue weighted by Gasteiger charge is -2.27. The highest BCUT2D eigenvalue weighted by Gasteiger charge is 2.22. The topological polar surface area (TPSA) is 108 Å². The highest BCUT2D eigenvalue weighted by atomic mass is 16.3. The molecule has 4 aromatic rings. The van der Waals surface area contributed by atoms with Gasteiger partial charge in [0, 0.05) is 48.5 Å². The molecule has 0 radical (unpaired) electrons. The van der Waals surface area contributed by atoms with Crippen LogP contribution in [-0.2, 0) is 6.54 Å². The van der Waals surface area contributed by atoms with Gasteiger partial charge in [0.15, 0.2) is 0 Å². The molecule has 0 unspecified atom stereocenters. The Bertz CT molecular complexity index is 1490. The van der Waals surface area contributed by atoms with E-state index in [1.54, 1.807) is 12.4 Å². The van der Waals surface area contributed by atoms with E-state index in [9.17, 15) is 5.11 Å². The summed E-state index contributed by atoms with van der Waals surface area (Å²) in [5.41, 5.74) is 5.41. The molecule has 8 nitrogen and oxygen atoms in total. The van der Waals surface area contributed by atoms with Crippen molar-refractivity contribution >= 4 is 17.5 Å². The van der Waals surface area contributed by atoms with Crippen molar-refractivity contribution in [1.29, 1.82) is 0 Å². The number of pyridine rings is 2. The van der Waals surface area contributed by atoms with Crippen molar-refractivity contribution in [2.45, 2.75) is 63.3 Å². The first kappa shape index (κ1) is 25.9. The first-order chi connectivity index (χ1) is 19.7. The molecule has 202 valence electrons. The monoisotopic (exact) mass is 531 g/mol. The zero-order valence-electron chi connectivity index (χ0n) is 22.3. The van der Waals surface area contributed by atoms with E-state index in [1.165, 1.54) is 18.4 Å². The largest absolute Gasteiger partial charge is 0.393 e. The summed E-state index contributed by atoms with van der Waals surface area (Å²) in [7, 11) is 0. The molecule has 40 heavy (non-hydrogen) atoms. The molecule has 2 saturated carbocycles. The van der Waals surface area contributed by atoms with Gasteiger partial charge in [-0.15, -0.1) is 0 Å². The van der Waals surface area contributed by atoms with Gasteiger partial charge < -0.3 is 21.1 Å². The van der Waals surface area contributed by atoms with Crippen LogP contribution in [0, 0.1) is 11.8 Å². The third kappa shape index (κ3) is 7.00. The minimum Gasteiger partial charge on any atom is -0.393 e. The number of benzene rings is 1. The van der Waals surface area contributed by atoms with Gasteiger partial charge in [-0.3, -0.25) is 4.98 Å². The van der Waals surface area contributed by atoms with Gasteiger partial charge in [-0.2, -0.15) is 4.98 Å². The van der Waals surface area contributed by atoms with Crippen molar-refractivity contribution in [2.24, 2.45) is 0 Å². The third-order valence-corrected chi connectivity index (χ3v) is 7.24. The molecule has 3 heterocycles. The summed E-state index contributed by atoms with van der Waals surface area (Å²) >= 11 is 0. The summed E-state index contributed by atoms with van der Waals surface area (Å²) in [5, 5.41) is 20.3. The molecule has 6 rings (SSSR count). The van der Waals surface area contributed by atoms with Crippen molar-refractivity contribution in [3.63, 3.8) is 0 Å². The molecule has 8 heteroatoms. The van der Waals surface area contributed by atoms with Crippen LogP contribution in [0.15, 0.2) is 73.2 Å². The number of rotatable bonds is 8. The van der Waals surface area contributed by atoms with E-state index in [1.807, 2.05) is 60.8 Å². The summed E-state index contributed by atoms with van der Waals surface area (Å²) in [6, 6.07) is 18.7. The molecule has 0 amide bonds. The van der Waals surface area contributed by atoms with Crippen molar-refractivity contribution in [3.8, 4) is 23.1 Å². The fourth-order valence-electron chi connectivity index (χ4n) is 4.78. The number of nitrogens with one attached hydrogen (secondary N) is 3. The van der Waals surface area contributed by atoms with Crippen molar-refractivity contribution in [1.82, 2.24) is 25.3 Å². The lowest BCUT2D eigenvalue weighted by molar-refractivity contribution is 0.126. The maximum Gasteiger partial charge on any atom is 0.229 e. The molecule has 2 aliphatic rings. The fourth-order valence-corrected chi connectivity index (χ4v) is 4.78. The van der Waals surface area contributed by atoms with Gasteiger partial charge in [0.2, 0.25) is 5.95 Å². The predicted octanol–water partition coefficient (Wildman–Crippen LogP) is 5.04. The summed E-state index contributed by atoms with van der Waals surface area (Å²) in [5.74, 6) is 7.63. The van der Waals surface area contributed by atoms with Gasteiger partial charge in [-0.1, -0.05) is 12.0 Å². The highest BCUT2D eigenvalue weighted by molar-refractivity contribution is 5.73. The van der Waals surface area contributed by atoms with E-state index in [0.29, 0.717) is 12.0 Å². The van der Waals surface area contributed by atoms with Crippen LogP contribution in [0.1, 0.15) is 55.3 Å². The maximum absolute atomic E-state index is 9.91. The molecule has 0 atom stereocenters. The second kappa shape index (κ2) is 12.2. The Morgan fingerprint density at radius 1 is 0.825 bits per heavy atom. The van der Waals surface area contributed by atoms with E-state index in [2.05, 4.69) is 42.7 Å². The first-order valence-corrected chi connectivity index (χ1v) is 14.0. The van der Waals surface area contributed by atoms with Crippen LogP contribution >= 0.6 is 0 Å². The van der Waals surface area contributed by atoms with Crippen molar-refractivity contribution in [3.05, 3.63) is 90.0 Å². The first-order valence-electron chi connectivity index (χ1n) is 14.0. The van der Waals surface area contributed by atoms with Crippen LogP contribution in [0.5, 0.6) is 0 Å². The second-order valence-electron chi connectivity index (χ2n) is 10.5. The molecule has 4 N–H and O–H groups in total. The lowest BCUT2D eigenvalue weighted by atomic mass is 9.93. The molecule has 0 saturated heterocycles. The Labute approximate surface area is 234 Å². The van der Waals surface area contributed by atoms with E-state index < -0.39 is 0 Å². The summed E-state index contributed by atoms with van der Waals surface area (Å²) < 4.78 is 0. The van der Waals surface area contributed by atoms with Gasteiger partial charge in [-0.05, 0) is 98.5 Å². The quantitative estimate of drug-likeness (QED) is 0.234. The number of aromatic nitrogens is 4. The highest BCUT2D eigenvalue weighted by Crippen LogP contribution is 2.29. The van der Waals surface area contributed by atoms with E-state index in [0.717, 1.165) is 66.2 Å². The Hall–Kier alpha value is -4.32. The van der Waals surface area contributed by atoms with Crippen LogP contribution in [-0.4, -0.2) is 43.2 Å². The van der Waals surface area contributed by atoms with Gasteiger partial charge in [0.05, 0.1) is 17.4 Å². The smallest absolute Gasteiger partial charge is 0.229 e. The van der Waals surface area contributed by atoms with Crippen LogP contribution in [0.3, 0.4) is 0 Å². The molecule has 2 aliphatic carbocycles. The van der Waals surface area contributed by atoms with E-state index in [4.69, 9.17) is 4.98 Å². The Balaban J connectivity index is 1.14. The minimum absolute atomic E-state index is 0.209. The molecule has 0 aliphatic heterocycles. The molecular formula is C32H33N7O. The van der Waals surface area contributed by atoms with Gasteiger partial charge >= 0.3 is 0 Å². The van der Waals surface area contributed by atoms with Crippen LogP contribution in [0.4, 0.5) is 17.5 Å². The lowest BCUT2D eigenvalue weighted by Crippen LogP contribution is -2.29. The normalized spacial score (nSPS) is 18.4. The molecule has 0 spiro atoms. The van der Waals surface area contributed by atoms with Crippen LogP contribution in [0.25, 0.3) is 11.3 Å². The third-order valence-electron chi connectivity index (χ3n) is 7.24. The second-order valence-corrected chi connectivity index (χ2v) is 10.5. The summed E-state index contributed by atoms with van der Waals surface area (Å²) in [6.07, 6.45) is 11.1. The summed E-state index contributed by atoms with van der Waals surface area (Å²) in [4.78, 5) is 18.3. The molecule has 0 bridgehead atoms. The van der Waals surface area contributed by atoms with E-state index >= 15 is 0 Å². The fraction of sp³-hybridized carbons (Fsp3) is 0.312. The zero-order chi connectivity index (χ0) is 27.1. The average Bonchev–Trinajstić information content (AvgIpc) is 3.83. The zero-order valence-corrected chi connectivity index (χ0v) is 22.3. The molecular weight excluding hydrogens is 498 g/mol. The number of anilines is 3. The maximum atomic E-state index is 9.91. The van der Waals surface area contributed by atoms with Gasteiger partial charge in [-0.25, -0.2) is 9.97 Å². The Morgan fingerprint density at radius 3 is 2.42 bits per heavy atom. The molecule has 2 fully saturated rings. The minimum atomic E-state index is -0.209. The van der Waals surface area contributed by atoms with Gasteiger partial charge in [0.25, 0.3) is 0 Å². The Morgan fingerprint density at radius 2 is 1.65 bits per heavy atom. The molecule has 3 aromatic heterocycles. The average molecular weight is 532 g/mol. The van der Waals surface area contributed by atoms with Crippen LogP contribution < -0.4 is 16.0 Å². The van der Waals surface area contributed by atoms with Crippen molar-refractivity contribution < 1.29 is 5.11 Å². The summed E-state index contributed by atoms with van der Waals surface area (Å²) in [6.45, 7) is 0.855. The number of aliphatic hydroxyl groups excluding tert-OH is 1. The van der Waals surface area contributed by atoms with Gasteiger partial charge in [0.1, 0.15) is 11.5 Å². The van der Waals surface area contributed by atoms with Crippen molar-refractivity contribution in [2.75, 3.05) is 10.6 Å². The number of hydrogen-bond donors (Lipinski definition) is 4. The number of hydrogen-bond acceptors (Lipinski definition) is 8. The molecule has 1 aromatic carbocycles. The number of nitrogens with zero attached hydrogens (tertiary/aromatic N) is 4. The standard InChI is InChI=1S/C32H33N7O/c40-28-14-12-25(13-15-28)37-31-29(30-3-1-2-17-34-30)21-36-32(39-31)38-26-7-4-22(5-8-26)6-9-27-19-23(16-18-33-27)20-35-24-10-11-24/h1-5,7-8,16-19,21,24-25,28,35,40H,10-15,20H2,(H2,36,37,38,39). The van der Waals surface area contributed by atoms with Crippen LogP contribution in [0.2, 0.25) is 0 Å². The predicted molar refractivity (Wildman–Crippen MR) is 157 cm³/mol. The SMILES string of the molecule is OC1CCC(Nc2nc(Nc3ccc(C#Cc4cc(CNC5CC5)ccn4)cc3)ncc2-c2ccccn2)CC1.